The van der Waals surface area contributed by atoms with E-state index in [1.54, 1.807) is 0 Å². The lowest BCUT2D eigenvalue weighted by Crippen LogP contribution is -2.26. The average Bonchev–Trinajstić information content (AvgIpc) is 2.61. The first kappa shape index (κ1) is 24.3. The molecule has 0 fully saturated rings. The Morgan fingerprint density at radius 3 is 1.08 bits per heavy atom. The zero-order chi connectivity index (χ0) is 17.9. The van der Waals surface area contributed by atoms with E-state index in [2.05, 4.69) is 27.7 Å². The monoisotopic (exact) mass is 378 g/mol. The van der Waals surface area contributed by atoms with Crippen LogP contribution in [-0.4, -0.2) is 57.3 Å². The third kappa shape index (κ3) is 15.8. The first-order valence-electron chi connectivity index (χ1n) is 10.2. The molecule has 0 bridgehead atoms. The van der Waals surface area contributed by atoms with E-state index in [4.69, 9.17) is 18.9 Å². The summed E-state index contributed by atoms with van der Waals surface area (Å²) < 4.78 is 23.3. The summed E-state index contributed by atoms with van der Waals surface area (Å²) in [7, 11) is -0.562. The van der Waals surface area contributed by atoms with Crippen molar-refractivity contribution in [1.29, 1.82) is 0 Å². The molecule has 0 unspecified atom stereocenters. The molecule has 0 spiro atoms. The van der Waals surface area contributed by atoms with E-state index < -0.39 is 0 Å². The SMILES string of the molecule is CCCOC(OCCC)[SiH2]CCCC[SiH2]C(OCCC)OCCC. The Balaban J connectivity index is 3.74. The second kappa shape index (κ2) is 19.6. The van der Waals surface area contributed by atoms with Crippen LogP contribution in [0.4, 0.5) is 0 Å². The van der Waals surface area contributed by atoms with Gasteiger partial charge in [0.2, 0.25) is 0 Å². The molecule has 0 aromatic carbocycles. The van der Waals surface area contributed by atoms with E-state index in [9.17, 15) is 0 Å². The molecular weight excluding hydrogens is 336 g/mol. The van der Waals surface area contributed by atoms with Crippen LogP contribution in [0.3, 0.4) is 0 Å². The van der Waals surface area contributed by atoms with Crippen molar-refractivity contribution < 1.29 is 18.9 Å². The molecule has 0 amide bonds. The zero-order valence-electron chi connectivity index (χ0n) is 16.7. The highest BCUT2D eigenvalue weighted by Crippen LogP contribution is 2.07. The molecule has 0 aliphatic rings. The second-order valence-corrected chi connectivity index (χ2v) is 10.2. The predicted molar refractivity (Wildman–Crippen MR) is 108 cm³/mol. The standard InChI is InChI=1S/C18H42O4Si2/c1-5-11-19-17(20-12-6-2)23-15-9-10-16-24-18(21-13-7-3)22-14-8-4/h17-18H,5-16,23-24H2,1-4H3. The van der Waals surface area contributed by atoms with Gasteiger partial charge in [-0.2, -0.15) is 0 Å². The number of hydrogen-bond acceptors (Lipinski definition) is 4. The van der Waals surface area contributed by atoms with E-state index in [0.29, 0.717) is 0 Å². The van der Waals surface area contributed by atoms with Gasteiger partial charge in [-0.3, -0.25) is 0 Å². The van der Waals surface area contributed by atoms with Crippen LogP contribution in [0.2, 0.25) is 12.1 Å². The maximum absolute atomic E-state index is 5.83. The fourth-order valence-corrected chi connectivity index (χ4v) is 5.69. The molecule has 0 aliphatic carbocycles. The molecule has 0 aromatic heterocycles. The van der Waals surface area contributed by atoms with E-state index in [1.165, 1.54) is 24.9 Å². The summed E-state index contributed by atoms with van der Waals surface area (Å²) >= 11 is 0. The summed E-state index contributed by atoms with van der Waals surface area (Å²) in [4.78, 5) is 0. The Morgan fingerprint density at radius 2 is 0.833 bits per heavy atom. The Morgan fingerprint density at radius 1 is 0.542 bits per heavy atom. The molecule has 0 aliphatic heterocycles. The summed E-state index contributed by atoms with van der Waals surface area (Å²) in [6.07, 6.45) is 6.92. The quantitative estimate of drug-likeness (QED) is 0.196. The van der Waals surface area contributed by atoms with E-state index in [1.807, 2.05) is 0 Å². The number of rotatable bonds is 19. The zero-order valence-corrected chi connectivity index (χ0v) is 19.5. The van der Waals surface area contributed by atoms with Gasteiger partial charge in [0.05, 0.1) is 19.0 Å². The third-order valence-corrected chi connectivity index (χ3v) is 7.36. The van der Waals surface area contributed by atoms with Crippen LogP contribution in [0.25, 0.3) is 0 Å². The van der Waals surface area contributed by atoms with Gasteiger partial charge in [0, 0.05) is 26.4 Å². The minimum Gasteiger partial charge on any atom is -0.357 e. The minimum atomic E-state index is -0.281. The Labute approximate surface area is 155 Å². The molecule has 0 N–H and O–H groups in total. The van der Waals surface area contributed by atoms with Crippen molar-refractivity contribution in [2.45, 2.75) is 90.1 Å². The lowest BCUT2D eigenvalue weighted by atomic mass is 10.4. The summed E-state index contributed by atoms with van der Waals surface area (Å²) in [5.74, 6) is 0.270. The van der Waals surface area contributed by atoms with Gasteiger partial charge in [0.25, 0.3) is 0 Å². The molecule has 4 nitrogen and oxygen atoms in total. The van der Waals surface area contributed by atoms with Crippen molar-refractivity contribution in [2.75, 3.05) is 26.4 Å². The average molecular weight is 379 g/mol. The lowest BCUT2D eigenvalue weighted by Gasteiger charge is -2.18. The Hall–Kier alpha value is 0.274. The van der Waals surface area contributed by atoms with Crippen molar-refractivity contribution in [1.82, 2.24) is 0 Å². The van der Waals surface area contributed by atoms with Gasteiger partial charge in [0.15, 0.2) is 0 Å². The van der Waals surface area contributed by atoms with Gasteiger partial charge in [-0.25, -0.2) is 0 Å². The van der Waals surface area contributed by atoms with Crippen LogP contribution in [0.5, 0.6) is 0 Å². The molecule has 0 saturated carbocycles. The van der Waals surface area contributed by atoms with Gasteiger partial charge < -0.3 is 18.9 Å². The van der Waals surface area contributed by atoms with Crippen LogP contribution in [-0.2, 0) is 18.9 Å². The van der Waals surface area contributed by atoms with Gasteiger partial charge in [-0.1, -0.05) is 52.6 Å². The maximum Gasteiger partial charge on any atom is 0.134 e. The van der Waals surface area contributed by atoms with Crippen molar-refractivity contribution in [3.8, 4) is 0 Å². The third-order valence-electron chi connectivity index (χ3n) is 3.66. The Bertz CT molecular complexity index is 205. The molecular formula is C18H42O4Si2. The van der Waals surface area contributed by atoms with Crippen molar-refractivity contribution in [3.63, 3.8) is 0 Å². The molecule has 0 heterocycles. The summed E-state index contributed by atoms with van der Waals surface area (Å²) in [5, 5.41) is 0. The van der Waals surface area contributed by atoms with Crippen molar-refractivity contribution >= 4 is 19.0 Å². The number of hydrogen-bond donors (Lipinski definition) is 0. The summed E-state index contributed by atoms with van der Waals surface area (Å²) in [5.41, 5.74) is 0. The predicted octanol–water partition coefficient (Wildman–Crippen LogP) is 3.21. The molecule has 0 saturated heterocycles. The van der Waals surface area contributed by atoms with E-state index in [0.717, 1.165) is 52.1 Å². The molecule has 0 rings (SSSR count). The van der Waals surface area contributed by atoms with Crippen LogP contribution in [0.15, 0.2) is 0 Å². The smallest absolute Gasteiger partial charge is 0.134 e. The van der Waals surface area contributed by atoms with Crippen molar-refractivity contribution in [3.05, 3.63) is 0 Å². The molecule has 24 heavy (non-hydrogen) atoms. The molecule has 0 aromatic rings. The first-order chi connectivity index (χ1) is 11.8. The highest BCUT2D eigenvalue weighted by molar-refractivity contribution is 6.37. The summed E-state index contributed by atoms with van der Waals surface area (Å²) in [6.45, 7) is 11.9. The van der Waals surface area contributed by atoms with Crippen molar-refractivity contribution in [2.24, 2.45) is 0 Å². The molecule has 0 atom stereocenters. The lowest BCUT2D eigenvalue weighted by molar-refractivity contribution is -0.0908. The van der Waals surface area contributed by atoms with Gasteiger partial charge in [0.1, 0.15) is 11.8 Å². The topological polar surface area (TPSA) is 36.9 Å². The molecule has 6 heteroatoms. The van der Waals surface area contributed by atoms with Gasteiger partial charge in [-0.05, 0) is 25.7 Å². The highest BCUT2D eigenvalue weighted by atomic mass is 28.2. The first-order valence-corrected chi connectivity index (χ1v) is 13.9. The maximum atomic E-state index is 5.83. The van der Waals surface area contributed by atoms with E-state index >= 15 is 0 Å². The van der Waals surface area contributed by atoms with Crippen LogP contribution in [0, 0.1) is 0 Å². The van der Waals surface area contributed by atoms with Gasteiger partial charge >= 0.3 is 0 Å². The van der Waals surface area contributed by atoms with Crippen LogP contribution < -0.4 is 0 Å². The fourth-order valence-electron chi connectivity index (χ4n) is 2.40. The summed E-state index contributed by atoms with van der Waals surface area (Å²) in [6, 6.07) is 2.64. The minimum absolute atomic E-state index is 0.135. The molecule has 0 radical (unpaired) electrons. The highest BCUT2D eigenvalue weighted by Gasteiger charge is 2.11. The largest absolute Gasteiger partial charge is 0.357 e. The normalized spacial score (nSPS) is 12.8. The van der Waals surface area contributed by atoms with E-state index in [-0.39, 0.29) is 30.9 Å². The number of ether oxygens (including phenoxy) is 4. The second-order valence-electron chi connectivity index (χ2n) is 6.33. The van der Waals surface area contributed by atoms with Crippen LogP contribution >= 0.6 is 0 Å². The number of unbranched alkanes of at least 4 members (excludes halogenated alkanes) is 1. The van der Waals surface area contributed by atoms with Gasteiger partial charge in [-0.15, -0.1) is 0 Å². The van der Waals surface area contributed by atoms with Crippen LogP contribution in [0.1, 0.15) is 66.2 Å². The Kier molecular flexibility index (Phi) is 19.8. The molecule has 146 valence electrons. The fraction of sp³-hybridized carbons (Fsp3) is 1.00.